The highest BCUT2D eigenvalue weighted by Crippen LogP contribution is 2.29. The molecule has 1 fully saturated rings. The summed E-state index contributed by atoms with van der Waals surface area (Å²) in [6.07, 6.45) is 1.78. The largest absolute Gasteiger partial charge is 0.384 e. The molecule has 0 radical (unpaired) electrons. The molecule has 1 aliphatic heterocycles. The molecule has 5 heteroatoms. The van der Waals surface area contributed by atoms with Crippen molar-refractivity contribution < 1.29 is 14.3 Å². The fourth-order valence-electron chi connectivity index (χ4n) is 2.36. The van der Waals surface area contributed by atoms with E-state index in [0.29, 0.717) is 19.7 Å². The molecule has 1 saturated heterocycles. The van der Waals surface area contributed by atoms with Crippen LogP contribution in [0.25, 0.3) is 0 Å². The van der Waals surface area contributed by atoms with Crippen LogP contribution in [0, 0.1) is 5.41 Å². The van der Waals surface area contributed by atoms with Gasteiger partial charge < -0.3 is 9.64 Å². The van der Waals surface area contributed by atoms with Crippen LogP contribution in [-0.4, -0.2) is 55.1 Å². The molecule has 104 valence electrons. The van der Waals surface area contributed by atoms with Crippen LogP contribution in [0.15, 0.2) is 0 Å². The molecule has 0 saturated carbocycles. The third kappa shape index (κ3) is 2.83. The van der Waals surface area contributed by atoms with Gasteiger partial charge >= 0.3 is 6.03 Å². The third-order valence-corrected chi connectivity index (χ3v) is 3.95. The number of carbonyl (C=O) groups excluding carboxylic acids is 2. The van der Waals surface area contributed by atoms with E-state index in [-0.39, 0.29) is 23.9 Å². The highest BCUT2D eigenvalue weighted by Gasteiger charge is 2.40. The molecule has 5 nitrogen and oxygen atoms in total. The van der Waals surface area contributed by atoms with Crippen LogP contribution in [0.3, 0.4) is 0 Å². The van der Waals surface area contributed by atoms with Crippen LogP contribution in [0.2, 0.25) is 0 Å². The molecule has 0 N–H and O–H groups in total. The summed E-state index contributed by atoms with van der Waals surface area (Å²) in [5, 5.41) is 0. The maximum absolute atomic E-state index is 12.1. The van der Waals surface area contributed by atoms with E-state index in [1.54, 1.807) is 12.0 Å². The highest BCUT2D eigenvalue weighted by atomic mass is 16.5. The fourth-order valence-corrected chi connectivity index (χ4v) is 2.36. The first-order valence-electron chi connectivity index (χ1n) is 6.61. The van der Waals surface area contributed by atoms with E-state index in [1.165, 1.54) is 4.90 Å². The number of likely N-dealkylation sites (N-methyl/N-ethyl adjacent to an activating group) is 1. The van der Waals surface area contributed by atoms with Crippen molar-refractivity contribution in [2.24, 2.45) is 5.41 Å². The summed E-state index contributed by atoms with van der Waals surface area (Å²) in [4.78, 5) is 26.9. The first kappa shape index (κ1) is 15.0. The van der Waals surface area contributed by atoms with Gasteiger partial charge in [0.15, 0.2) is 0 Å². The number of hydrogen-bond donors (Lipinski definition) is 0. The number of imide groups is 1. The summed E-state index contributed by atoms with van der Waals surface area (Å²) >= 11 is 0. The molecule has 0 aromatic rings. The van der Waals surface area contributed by atoms with E-state index >= 15 is 0 Å². The molecule has 1 aliphatic rings. The molecule has 0 atom stereocenters. The molecule has 18 heavy (non-hydrogen) atoms. The van der Waals surface area contributed by atoms with Crippen molar-refractivity contribution in [1.29, 1.82) is 0 Å². The average molecular weight is 256 g/mol. The van der Waals surface area contributed by atoms with Crippen LogP contribution in [0.1, 0.15) is 33.6 Å². The van der Waals surface area contributed by atoms with E-state index in [9.17, 15) is 9.59 Å². The Morgan fingerprint density at radius 2 is 1.83 bits per heavy atom. The SMILES string of the molecule is CCN1CC(=O)N(CC(CC)(CC)COC)C1=O. The van der Waals surface area contributed by atoms with E-state index in [2.05, 4.69) is 13.8 Å². The van der Waals surface area contributed by atoms with Gasteiger partial charge in [-0.2, -0.15) is 0 Å². The summed E-state index contributed by atoms with van der Waals surface area (Å²) in [5.41, 5.74) is -0.121. The number of hydrogen-bond acceptors (Lipinski definition) is 3. The lowest BCUT2D eigenvalue weighted by Gasteiger charge is -2.34. The predicted molar refractivity (Wildman–Crippen MR) is 69.2 cm³/mol. The van der Waals surface area contributed by atoms with Gasteiger partial charge in [-0.25, -0.2) is 4.79 Å². The molecule has 0 aromatic heterocycles. The molecule has 1 rings (SSSR count). The molecule has 0 unspecified atom stereocenters. The van der Waals surface area contributed by atoms with Crippen molar-refractivity contribution in [3.8, 4) is 0 Å². The van der Waals surface area contributed by atoms with Crippen LogP contribution >= 0.6 is 0 Å². The second-order valence-electron chi connectivity index (χ2n) is 4.92. The van der Waals surface area contributed by atoms with Gasteiger partial charge in [0.25, 0.3) is 0 Å². The van der Waals surface area contributed by atoms with Gasteiger partial charge in [-0.05, 0) is 19.8 Å². The minimum absolute atomic E-state index is 0.0933. The lowest BCUT2D eigenvalue weighted by Crippen LogP contribution is -2.43. The van der Waals surface area contributed by atoms with Crippen molar-refractivity contribution >= 4 is 11.9 Å². The van der Waals surface area contributed by atoms with Gasteiger partial charge in [0, 0.05) is 25.6 Å². The Balaban J connectivity index is 2.81. The normalized spacial score (nSPS) is 16.9. The highest BCUT2D eigenvalue weighted by molar-refractivity contribution is 6.02. The standard InChI is InChI=1S/C13H24N2O3/c1-5-13(6-2,10-18-4)9-15-11(16)8-14(7-3)12(15)17/h5-10H2,1-4H3. The Morgan fingerprint density at radius 1 is 1.22 bits per heavy atom. The minimum atomic E-state index is -0.162. The topological polar surface area (TPSA) is 49.9 Å². The maximum atomic E-state index is 12.1. The van der Waals surface area contributed by atoms with Crippen LogP contribution in [0.5, 0.6) is 0 Å². The van der Waals surface area contributed by atoms with Crippen molar-refractivity contribution in [3.05, 3.63) is 0 Å². The Hall–Kier alpha value is -1.10. The third-order valence-electron chi connectivity index (χ3n) is 3.95. The number of methoxy groups -OCH3 is 1. The maximum Gasteiger partial charge on any atom is 0.327 e. The molecule has 0 spiro atoms. The number of rotatable bonds is 7. The quantitative estimate of drug-likeness (QED) is 0.652. The van der Waals surface area contributed by atoms with Gasteiger partial charge in [0.2, 0.25) is 5.91 Å². The van der Waals surface area contributed by atoms with Gasteiger partial charge in [0.05, 0.1) is 6.61 Å². The summed E-state index contributed by atoms with van der Waals surface area (Å²) in [6, 6.07) is -0.162. The Bertz CT molecular complexity index is 313. The van der Waals surface area contributed by atoms with E-state index < -0.39 is 0 Å². The fraction of sp³-hybridized carbons (Fsp3) is 0.846. The Kier molecular flexibility index (Phi) is 5.14. The van der Waals surface area contributed by atoms with Gasteiger partial charge in [0.1, 0.15) is 6.54 Å². The van der Waals surface area contributed by atoms with Crippen molar-refractivity contribution in [3.63, 3.8) is 0 Å². The zero-order valence-electron chi connectivity index (χ0n) is 11.9. The molecular weight excluding hydrogens is 232 g/mol. The van der Waals surface area contributed by atoms with E-state index in [1.807, 2.05) is 6.92 Å². The number of amides is 3. The summed E-state index contributed by atoms with van der Waals surface area (Å²) in [6.45, 7) is 7.86. The van der Waals surface area contributed by atoms with Crippen LogP contribution in [-0.2, 0) is 9.53 Å². The smallest absolute Gasteiger partial charge is 0.327 e. The van der Waals surface area contributed by atoms with Gasteiger partial charge in [-0.3, -0.25) is 9.69 Å². The first-order chi connectivity index (χ1) is 8.53. The first-order valence-corrected chi connectivity index (χ1v) is 6.61. The average Bonchev–Trinajstić information content (AvgIpc) is 2.65. The Labute approximate surface area is 109 Å². The summed E-state index contributed by atoms with van der Waals surface area (Å²) in [5.74, 6) is -0.0933. The summed E-state index contributed by atoms with van der Waals surface area (Å²) < 4.78 is 5.26. The number of carbonyl (C=O) groups is 2. The zero-order valence-corrected chi connectivity index (χ0v) is 11.9. The summed E-state index contributed by atoms with van der Waals surface area (Å²) in [7, 11) is 1.66. The second kappa shape index (κ2) is 6.18. The molecular formula is C13H24N2O3. The molecule has 0 aromatic carbocycles. The van der Waals surface area contributed by atoms with E-state index in [0.717, 1.165) is 12.8 Å². The monoisotopic (exact) mass is 256 g/mol. The number of urea groups is 1. The van der Waals surface area contributed by atoms with Crippen LogP contribution in [0.4, 0.5) is 4.79 Å². The lowest BCUT2D eigenvalue weighted by atomic mass is 9.82. The van der Waals surface area contributed by atoms with Crippen molar-refractivity contribution in [2.75, 3.05) is 33.4 Å². The van der Waals surface area contributed by atoms with Crippen LogP contribution < -0.4 is 0 Å². The van der Waals surface area contributed by atoms with Crippen molar-refractivity contribution in [2.45, 2.75) is 33.6 Å². The zero-order chi connectivity index (χ0) is 13.8. The molecule has 0 aliphatic carbocycles. The van der Waals surface area contributed by atoms with Crippen molar-refractivity contribution in [1.82, 2.24) is 9.80 Å². The predicted octanol–water partition coefficient (Wildman–Crippen LogP) is 1.72. The van der Waals surface area contributed by atoms with Gasteiger partial charge in [-0.1, -0.05) is 13.8 Å². The molecule has 1 heterocycles. The second-order valence-corrected chi connectivity index (χ2v) is 4.92. The molecule has 0 bridgehead atoms. The minimum Gasteiger partial charge on any atom is -0.384 e. The molecule has 3 amide bonds. The number of ether oxygens (including phenoxy) is 1. The van der Waals surface area contributed by atoms with E-state index in [4.69, 9.17) is 4.74 Å². The number of nitrogens with zero attached hydrogens (tertiary/aromatic N) is 2. The van der Waals surface area contributed by atoms with Gasteiger partial charge in [-0.15, -0.1) is 0 Å². The Morgan fingerprint density at radius 3 is 2.22 bits per heavy atom. The lowest BCUT2D eigenvalue weighted by molar-refractivity contribution is -0.127.